The Hall–Kier alpha value is -1.55. The zero-order chi connectivity index (χ0) is 14.2. The Morgan fingerprint density at radius 2 is 2.14 bits per heavy atom. The van der Waals surface area contributed by atoms with Crippen LogP contribution in [0.5, 0.6) is 5.75 Å². The average molecular weight is 286 g/mol. The predicted molar refractivity (Wildman–Crippen MR) is 80.4 cm³/mol. The predicted octanol–water partition coefficient (Wildman–Crippen LogP) is 1.91. The second-order valence-electron chi connectivity index (χ2n) is 6.42. The number of nitrogens with zero attached hydrogens (tertiary/aromatic N) is 1. The van der Waals surface area contributed by atoms with E-state index in [1.807, 2.05) is 24.3 Å². The van der Waals surface area contributed by atoms with Gasteiger partial charge in [0.2, 0.25) is 5.91 Å². The fraction of sp³-hybridized carbons (Fsp3) is 0.588. The molecular weight excluding hydrogens is 264 g/mol. The van der Waals surface area contributed by atoms with Crippen LogP contribution in [0.4, 0.5) is 0 Å². The molecule has 0 radical (unpaired) electrons. The van der Waals surface area contributed by atoms with E-state index in [0.717, 1.165) is 37.2 Å². The molecule has 3 aliphatic rings. The molecule has 4 heteroatoms. The largest absolute Gasteiger partial charge is 0.492 e. The first-order chi connectivity index (χ1) is 10.3. The highest BCUT2D eigenvalue weighted by Crippen LogP contribution is 2.37. The summed E-state index contributed by atoms with van der Waals surface area (Å²) in [6, 6.07) is 8.90. The van der Waals surface area contributed by atoms with Gasteiger partial charge in [0.05, 0.1) is 0 Å². The van der Waals surface area contributed by atoms with Gasteiger partial charge in [0.15, 0.2) is 0 Å². The van der Waals surface area contributed by atoms with Crippen molar-refractivity contribution < 1.29 is 9.53 Å². The number of para-hydroxylation sites is 1. The van der Waals surface area contributed by atoms with Gasteiger partial charge in [-0.25, -0.2) is 0 Å². The molecule has 1 aliphatic carbocycles. The van der Waals surface area contributed by atoms with Crippen LogP contribution in [0.1, 0.15) is 37.2 Å². The lowest BCUT2D eigenvalue weighted by Gasteiger charge is -2.28. The maximum absolute atomic E-state index is 13.0. The summed E-state index contributed by atoms with van der Waals surface area (Å²) in [5.74, 6) is 1.03. The molecule has 1 saturated carbocycles. The van der Waals surface area contributed by atoms with Gasteiger partial charge >= 0.3 is 0 Å². The number of hydrogen-bond acceptors (Lipinski definition) is 3. The molecule has 1 aromatic carbocycles. The lowest BCUT2D eigenvalue weighted by molar-refractivity contribution is -0.134. The number of ether oxygens (including phenoxy) is 1. The van der Waals surface area contributed by atoms with Crippen molar-refractivity contribution in [2.75, 3.05) is 19.7 Å². The van der Waals surface area contributed by atoms with Crippen LogP contribution in [0.3, 0.4) is 0 Å². The minimum Gasteiger partial charge on any atom is -0.492 e. The highest BCUT2D eigenvalue weighted by Gasteiger charge is 2.40. The Bertz CT molecular complexity index is 535. The van der Waals surface area contributed by atoms with Gasteiger partial charge in [-0.05, 0) is 38.3 Å². The molecule has 0 spiro atoms. The van der Waals surface area contributed by atoms with Crippen LogP contribution in [0.15, 0.2) is 24.3 Å². The van der Waals surface area contributed by atoms with E-state index in [0.29, 0.717) is 18.7 Å². The summed E-state index contributed by atoms with van der Waals surface area (Å²) in [5, 5.41) is 3.51. The summed E-state index contributed by atoms with van der Waals surface area (Å²) in [6.07, 6.45) is 4.74. The second kappa shape index (κ2) is 5.34. The Kier molecular flexibility index (Phi) is 3.34. The molecule has 2 unspecified atom stereocenters. The van der Waals surface area contributed by atoms with E-state index < -0.39 is 0 Å². The van der Waals surface area contributed by atoms with Crippen molar-refractivity contribution in [2.45, 2.75) is 43.7 Å². The number of carbonyl (C=O) groups excluding carboxylic acids is 1. The highest BCUT2D eigenvalue weighted by molar-refractivity contribution is 5.86. The van der Waals surface area contributed by atoms with E-state index in [-0.39, 0.29) is 11.8 Å². The van der Waals surface area contributed by atoms with Crippen molar-refractivity contribution in [3.05, 3.63) is 29.8 Å². The van der Waals surface area contributed by atoms with Crippen molar-refractivity contribution in [2.24, 2.45) is 0 Å². The van der Waals surface area contributed by atoms with Crippen molar-refractivity contribution in [3.8, 4) is 5.75 Å². The fourth-order valence-electron chi connectivity index (χ4n) is 3.52. The van der Waals surface area contributed by atoms with Gasteiger partial charge in [-0.1, -0.05) is 18.2 Å². The average Bonchev–Trinajstić information content (AvgIpc) is 3.05. The van der Waals surface area contributed by atoms with E-state index in [2.05, 4.69) is 10.2 Å². The summed E-state index contributed by atoms with van der Waals surface area (Å²) < 4.78 is 5.69. The summed E-state index contributed by atoms with van der Waals surface area (Å²) in [6.45, 7) is 2.45. The molecular formula is C17H22N2O2. The zero-order valence-electron chi connectivity index (χ0n) is 12.3. The Morgan fingerprint density at radius 3 is 2.90 bits per heavy atom. The van der Waals surface area contributed by atoms with Gasteiger partial charge < -0.3 is 15.0 Å². The van der Waals surface area contributed by atoms with E-state index in [4.69, 9.17) is 4.74 Å². The first-order valence-corrected chi connectivity index (χ1v) is 8.08. The van der Waals surface area contributed by atoms with E-state index in [1.54, 1.807) is 0 Å². The molecule has 4 nitrogen and oxygen atoms in total. The Balaban J connectivity index is 1.52. The third-order valence-corrected chi connectivity index (χ3v) is 4.85. The molecule has 1 aromatic rings. The minimum atomic E-state index is -0.108. The molecule has 2 aliphatic heterocycles. The van der Waals surface area contributed by atoms with Gasteiger partial charge in [0, 0.05) is 24.2 Å². The maximum Gasteiger partial charge on any atom is 0.234 e. The standard InChI is InChI=1S/C17H22N2O2/c20-17(15-11-21-16-6-2-1-5-14(15)16)19(13-7-8-13)10-12-4-3-9-18-12/h1-2,5-6,12-13,15,18H,3-4,7-11H2. The third kappa shape index (κ3) is 2.53. The summed E-state index contributed by atoms with van der Waals surface area (Å²) in [4.78, 5) is 15.1. The molecule has 4 rings (SSSR count). The van der Waals surface area contributed by atoms with Crippen molar-refractivity contribution in [1.82, 2.24) is 10.2 Å². The quantitative estimate of drug-likeness (QED) is 0.919. The van der Waals surface area contributed by atoms with Crippen LogP contribution in [0.25, 0.3) is 0 Å². The summed E-state index contributed by atoms with van der Waals surface area (Å²) >= 11 is 0. The van der Waals surface area contributed by atoms with Crippen LogP contribution in [0.2, 0.25) is 0 Å². The molecule has 2 heterocycles. The number of benzene rings is 1. The molecule has 0 bridgehead atoms. The number of nitrogens with one attached hydrogen (secondary N) is 1. The minimum absolute atomic E-state index is 0.108. The maximum atomic E-state index is 13.0. The number of hydrogen-bond donors (Lipinski definition) is 1. The Labute approximate surface area is 125 Å². The van der Waals surface area contributed by atoms with Crippen LogP contribution < -0.4 is 10.1 Å². The van der Waals surface area contributed by atoms with Gasteiger partial charge in [-0.3, -0.25) is 4.79 Å². The third-order valence-electron chi connectivity index (χ3n) is 4.85. The number of rotatable bonds is 4. The topological polar surface area (TPSA) is 41.6 Å². The Morgan fingerprint density at radius 1 is 1.29 bits per heavy atom. The van der Waals surface area contributed by atoms with E-state index >= 15 is 0 Å². The molecule has 1 amide bonds. The summed E-state index contributed by atoms with van der Waals surface area (Å²) in [5.41, 5.74) is 1.06. The van der Waals surface area contributed by atoms with Gasteiger partial charge in [-0.15, -0.1) is 0 Å². The van der Waals surface area contributed by atoms with Crippen LogP contribution in [-0.2, 0) is 4.79 Å². The van der Waals surface area contributed by atoms with Gasteiger partial charge in [0.25, 0.3) is 0 Å². The van der Waals surface area contributed by atoms with Gasteiger partial charge in [-0.2, -0.15) is 0 Å². The first kappa shape index (κ1) is 13.1. The van der Waals surface area contributed by atoms with Crippen molar-refractivity contribution in [1.29, 1.82) is 0 Å². The first-order valence-electron chi connectivity index (χ1n) is 8.08. The molecule has 1 N–H and O–H groups in total. The van der Waals surface area contributed by atoms with E-state index in [1.165, 1.54) is 12.8 Å². The normalized spacial score (nSPS) is 27.2. The lowest BCUT2D eigenvalue weighted by atomic mass is 9.99. The molecule has 2 fully saturated rings. The number of amides is 1. The van der Waals surface area contributed by atoms with Crippen LogP contribution in [-0.4, -0.2) is 42.6 Å². The summed E-state index contributed by atoms with van der Waals surface area (Å²) in [7, 11) is 0. The second-order valence-corrected chi connectivity index (χ2v) is 6.42. The number of fused-ring (bicyclic) bond motifs is 1. The van der Waals surface area contributed by atoms with E-state index in [9.17, 15) is 4.79 Å². The molecule has 0 aromatic heterocycles. The van der Waals surface area contributed by atoms with Gasteiger partial charge in [0.1, 0.15) is 18.3 Å². The zero-order valence-corrected chi connectivity index (χ0v) is 12.3. The van der Waals surface area contributed by atoms with Crippen LogP contribution >= 0.6 is 0 Å². The molecule has 112 valence electrons. The fourth-order valence-corrected chi connectivity index (χ4v) is 3.52. The van der Waals surface area contributed by atoms with Crippen molar-refractivity contribution >= 4 is 5.91 Å². The molecule has 2 atom stereocenters. The van der Waals surface area contributed by atoms with Crippen molar-refractivity contribution in [3.63, 3.8) is 0 Å². The number of carbonyl (C=O) groups is 1. The lowest BCUT2D eigenvalue weighted by Crippen LogP contribution is -2.44. The molecule has 21 heavy (non-hydrogen) atoms. The highest BCUT2D eigenvalue weighted by atomic mass is 16.5. The molecule has 1 saturated heterocycles. The monoisotopic (exact) mass is 286 g/mol. The van der Waals surface area contributed by atoms with Crippen LogP contribution in [0, 0.1) is 0 Å². The smallest absolute Gasteiger partial charge is 0.234 e. The SMILES string of the molecule is O=C(C1COc2ccccc21)N(CC1CCCN1)C1CC1.